The van der Waals surface area contributed by atoms with Gasteiger partial charge >= 0.3 is 0 Å². The maximum Gasteiger partial charge on any atom is 0.191 e. The van der Waals surface area contributed by atoms with E-state index in [1.54, 1.807) is 7.05 Å². The SMILES string of the molecule is CN=C(NCc1ccccc1)NCc1ccc(CN2CC(C)OC(C)C2)cc1. The minimum absolute atomic E-state index is 0.308. The van der Waals surface area contributed by atoms with Gasteiger partial charge in [-0.1, -0.05) is 54.6 Å². The summed E-state index contributed by atoms with van der Waals surface area (Å²) in [5.74, 6) is 0.809. The molecule has 5 nitrogen and oxygen atoms in total. The van der Waals surface area contributed by atoms with Gasteiger partial charge in [0.25, 0.3) is 0 Å². The van der Waals surface area contributed by atoms with E-state index in [0.29, 0.717) is 12.2 Å². The van der Waals surface area contributed by atoms with Crippen molar-refractivity contribution in [2.24, 2.45) is 4.99 Å². The van der Waals surface area contributed by atoms with E-state index in [9.17, 15) is 0 Å². The second-order valence-corrected chi connectivity index (χ2v) is 7.53. The van der Waals surface area contributed by atoms with Gasteiger partial charge in [0.2, 0.25) is 0 Å². The average Bonchev–Trinajstić information content (AvgIpc) is 2.69. The highest BCUT2D eigenvalue weighted by atomic mass is 16.5. The number of hydrogen-bond acceptors (Lipinski definition) is 3. The van der Waals surface area contributed by atoms with E-state index in [1.165, 1.54) is 16.7 Å². The van der Waals surface area contributed by atoms with Gasteiger partial charge in [0, 0.05) is 39.8 Å². The first-order valence-electron chi connectivity index (χ1n) is 10.1. The standard InChI is InChI=1S/C23H32N4O/c1-18-15-27(16-19(2)28-18)17-22-11-9-21(10-12-22)14-26-23(24-3)25-13-20-7-5-4-6-8-20/h4-12,18-19H,13-17H2,1-3H3,(H2,24,25,26). The van der Waals surface area contributed by atoms with Crippen molar-refractivity contribution < 1.29 is 4.74 Å². The monoisotopic (exact) mass is 380 g/mol. The maximum absolute atomic E-state index is 5.82. The number of aliphatic imine (C=N–C) groups is 1. The summed E-state index contributed by atoms with van der Waals surface area (Å²) in [5.41, 5.74) is 3.83. The molecule has 2 atom stereocenters. The molecule has 2 N–H and O–H groups in total. The Morgan fingerprint density at radius 1 is 0.893 bits per heavy atom. The van der Waals surface area contributed by atoms with Crippen LogP contribution in [0.15, 0.2) is 59.6 Å². The fourth-order valence-corrected chi connectivity index (χ4v) is 3.62. The van der Waals surface area contributed by atoms with Crippen molar-refractivity contribution in [1.29, 1.82) is 0 Å². The summed E-state index contributed by atoms with van der Waals surface area (Å²) in [6.07, 6.45) is 0.615. The largest absolute Gasteiger partial charge is 0.373 e. The van der Waals surface area contributed by atoms with Crippen molar-refractivity contribution in [2.45, 2.75) is 45.7 Å². The lowest BCUT2D eigenvalue weighted by Gasteiger charge is -2.35. The lowest BCUT2D eigenvalue weighted by molar-refractivity contribution is -0.0704. The van der Waals surface area contributed by atoms with Gasteiger partial charge < -0.3 is 15.4 Å². The van der Waals surface area contributed by atoms with Crippen molar-refractivity contribution in [3.05, 3.63) is 71.3 Å². The van der Waals surface area contributed by atoms with Gasteiger partial charge in [-0.2, -0.15) is 0 Å². The Morgan fingerprint density at radius 2 is 1.43 bits per heavy atom. The zero-order chi connectivity index (χ0) is 19.8. The van der Waals surface area contributed by atoms with E-state index >= 15 is 0 Å². The molecule has 0 spiro atoms. The minimum atomic E-state index is 0.308. The number of ether oxygens (including phenoxy) is 1. The molecule has 0 aromatic heterocycles. The van der Waals surface area contributed by atoms with Crippen molar-refractivity contribution >= 4 is 5.96 Å². The highest BCUT2D eigenvalue weighted by Crippen LogP contribution is 2.14. The third-order valence-corrected chi connectivity index (χ3v) is 4.91. The molecule has 1 fully saturated rings. The average molecular weight is 381 g/mol. The van der Waals surface area contributed by atoms with Crippen molar-refractivity contribution in [3.63, 3.8) is 0 Å². The zero-order valence-corrected chi connectivity index (χ0v) is 17.2. The van der Waals surface area contributed by atoms with E-state index in [4.69, 9.17) is 4.74 Å². The Labute approximate surface area is 168 Å². The number of nitrogens with zero attached hydrogens (tertiary/aromatic N) is 2. The number of hydrogen-bond donors (Lipinski definition) is 2. The molecule has 0 saturated carbocycles. The van der Waals surface area contributed by atoms with Gasteiger partial charge in [-0.3, -0.25) is 9.89 Å². The predicted octanol–water partition coefficient (Wildman–Crippen LogP) is 3.16. The summed E-state index contributed by atoms with van der Waals surface area (Å²) in [6, 6.07) is 19.2. The lowest BCUT2D eigenvalue weighted by Crippen LogP contribution is -2.44. The first-order chi connectivity index (χ1) is 13.6. The van der Waals surface area contributed by atoms with Gasteiger partial charge in [-0.15, -0.1) is 0 Å². The highest BCUT2D eigenvalue weighted by molar-refractivity contribution is 5.79. The number of benzene rings is 2. The van der Waals surface area contributed by atoms with E-state index < -0.39 is 0 Å². The fraction of sp³-hybridized carbons (Fsp3) is 0.435. The van der Waals surface area contributed by atoms with Crippen molar-refractivity contribution in [3.8, 4) is 0 Å². The van der Waals surface area contributed by atoms with Gasteiger partial charge in [-0.25, -0.2) is 0 Å². The molecular formula is C23H32N4O. The number of nitrogens with one attached hydrogen (secondary N) is 2. The van der Waals surface area contributed by atoms with Crippen LogP contribution in [0.4, 0.5) is 0 Å². The first-order valence-corrected chi connectivity index (χ1v) is 10.1. The molecule has 0 amide bonds. The Kier molecular flexibility index (Phi) is 7.46. The Hall–Kier alpha value is -2.37. The summed E-state index contributed by atoms with van der Waals surface area (Å²) >= 11 is 0. The molecule has 2 aromatic carbocycles. The first kappa shape index (κ1) is 20.4. The molecule has 0 radical (unpaired) electrons. The maximum atomic E-state index is 5.82. The van der Waals surface area contributed by atoms with Crippen LogP contribution in [-0.4, -0.2) is 43.2 Å². The fourth-order valence-electron chi connectivity index (χ4n) is 3.62. The van der Waals surface area contributed by atoms with E-state index in [2.05, 4.69) is 70.8 Å². The van der Waals surface area contributed by atoms with Crippen LogP contribution < -0.4 is 10.6 Å². The summed E-state index contributed by atoms with van der Waals surface area (Å²) in [5, 5.41) is 6.73. The van der Waals surface area contributed by atoms with Crippen LogP contribution in [0, 0.1) is 0 Å². The third kappa shape index (κ3) is 6.36. The summed E-state index contributed by atoms with van der Waals surface area (Å²) in [4.78, 5) is 6.78. The number of guanidine groups is 1. The Morgan fingerprint density at radius 3 is 2.00 bits per heavy atom. The summed E-state index contributed by atoms with van der Waals surface area (Å²) in [6.45, 7) is 8.78. The van der Waals surface area contributed by atoms with Gasteiger partial charge in [-0.05, 0) is 30.5 Å². The molecule has 1 aliphatic rings. The van der Waals surface area contributed by atoms with Crippen molar-refractivity contribution in [1.82, 2.24) is 15.5 Å². The molecule has 1 heterocycles. The van der Waals surface area contributed by atoms with Crippen LogP contribution in [0.2, 0.25) is 0 Å². The molecule has 3 rings (SSSR count). The normalized spacial score (nSPS) is 20.8. The Balaban J connectivity index is 1.45. The molecule has 0 bridgehead atoms. The molecule has 28 heavy (non-hydrogen) atoms. The minimum Gasteiger partial charge on any atom is -0.373 e. The smallest absolute Gasteiger partial charge is 0.191 e. The molecule has 1 saturated heterocycles. The molecule has 150 valence electrons. The van der Waals surface area contributed by atoms with E-state index in [0.717, 1.165) is 38.7 Å². The summed E-state index contributed by atoms with van der Waals surface area (Å²) < 4.78 is 5.82. The number of rotatable bonds is 6. The lowest BCUT2D eigenvalue weighted by atomic mass is 10.1. The topological polar surface area (TPSA) is 48.9 Å². The van der Waals surface area contributed by atoms with Crippen LogP contribution in [0.5, 0.6) is 0 Å². The molecule has 2 aromatic rings. The number of morpholine rings is 1. The second-order valence-electron chi connectivity index (χ2n) is 7.53. The second kappa shape index (κ2) is 10.2. The van der Waals surface area contributed by atoms with Gasteiger partial charge in [0.1, 0.15) is 0 Å². The van der Waals surface area contributed by atoms with Gasteiger partial charge in [0.15, 0.2) is 5.96 Å². The summed E-state index contributed by atoms with van der Waals surface area (Å²) in [7, 11) is 1.80. The third-order valence-electron chi connectivity index (χ3n) is 4.91. The Bertz CT molecular complexity index is 735. The quantitative estimate of drug-likeness (QED) is 0.597. The molecular weight excluding hydrogens is 348 g/mol. The van der Waals surface area contributed by atoms with E-state index in [1.807, 2.05) is 18.2 Å². The molecule has 0 aliphatic carbocycles. The van der Waals surface area contributed by atoms with Crippen LogP contribution in [0.3, 0.4) is 0 Å². The molecule has 5 heteroatoms. The highest BCUT2D eigenvalue weighted by Gasteiger charge is 2.21. The molecule has 2 unspecified atom stereocenters. The van der Waals surface area contributed by atoms with Crippen molar-refractivity contribution in [2.75, 3.05) is 20.1 Å². The van der Waals surface area contributed by atoms with E-state index in [-0.39, 0.29) is 0 Å². The molecule has 1 aliphatic heterocycles. The predicted molar refractivity (Wildman–Crippen MR) is 115 cm³/mol. The van der Waals surface area contributed by atoms with Gasteiger partial charge in [0.05, 0.1) is 12.2 Å². The zero-order valence-electron chi connectivity index (χ0n) is 17.2. The van der Waals surface area contributed by atoms with Crippen LogP contribution in [0.25, 0.3) is 0 Å². The van der Waals surface area contributed by atoms with Crippen LogP contribution in [0.1, 0.15) is 30.5 Å². The van der Waals surface area contributed by atoms with Crippen LogP contribution >= 0.6 is 0 Å². The van der Waals surface area contributed by atoms with Crippen LogP contribution in [-0.2, 0) is 24.4 Å².